The summed E-state index contributed by atoms with van der Waals surface area (Å²) in [5, 5.41) is 3.50. The van der Waals surface area contributed by atoms with Crippen LogP contribution in [0.5, 0.6) is 11.5 Å². The number of methoxy groups -OCH3 is 2. The molecule has 1 aromatic carbocycles. The number of carbonyl (C=O) groups is 1. The van der Waals surface area contributed by atoms with E-state index >= 15 is 0 Å². The molecule has 6 nitrogen and oxygen atoms in total. The van der Waals surface area contributed by atoms with Crippen LogP contribution in [-0.2, 0) is 11.8 Å². The first-order valence-corrected chi connectivity index (χ1v) is 8.13. The van der Waals surface area contributed by atoms with Crippen molar-refractivity contribution in [2.24, 2.45) is 7.05 Å². The lowest BCUT2D eigenvalue weighted by Crippen LogP contribution is -2.25. The van der Waals surface area contributed by atoms with Gasteiger partial charge in [-0.25, -0.2) is 4.98 Å². The smallest absolute Gasteiger partial charge is 0.238 e. The third-order valence-electron chi connectivity index (χ3n) is 3.35. The molecule has 0 saturated heterocycles. The van der Waals surface area contributed by atoms with Gasteiger partial charge in [0.15, 0.2) is 5.16 Å². The Bertz CT molecular complexity index is 672. The molecule has 0 aliphatic carbocycles. The number of anilines is 1. The molecule has 23 heavy (non-hydrogen) atoms. The normalized spacial score (nSPS) is 11.8. The van der Waals surface area contributed by atoms with Crippen LogP contribution < -0.4 is 14.8 Å². The topological polar surface area (TPSA) is 65.4 Å². The molecule has 7 heteroatoms. The number of imidazole rings is 1. The highest BCUT2D eigenvalue weighted by atomic mass is 32.2. The third kappa shape index (κ3) is 4.19. The summed E-state index contributed by atoms with van der Waals surface area (Å²) >= 11 is 1.44. The Morgan fingerprint density at radius 3 is 2.74 bits per heavy atom. The highest BCUT2D eigenvalue weighted by Crippen LogP contribution is 2.31. The Hall–Kier alpha value is -2.15. The van der Waals surface area contributed by atoms with Crippen LogP contribution in [-0.4, -0.2) is 34.9 Å². The lowest BCUT2D eigenvalue weighted by molar-refractivity contribution is -0.115. The molecule has 2 aromatic rings. The van der Waals surface area contributed by atoms with Crippen molar-refractivity contribution in [1.29, 1.82) is 0 Å². The van der Waals surface area contributed by atoms with E-state index in [1.165, 1.54) is 11.8 Å². The van der Waals surface area contributed by atoms with Crippen molar-refractivity contribution >= 4 is 23.4 Å². The monoisotopic (exact) mass is 335 g/mol. The van der Waals surface area contributed by atoms with Gasteiger partial charge in [0.1, 0.15) is 11.5 Å². The summed E-state index contributed by atoms with van der Waals surface area (Å²) in [6, 6.07) is 5.29. The fourth-order valence-corrected chi connectivity index (χ4v) is 2.97. The standard InChI is InChI=1S/C16H21N3O3S/c1-5-14(23-16-17-8-9-19(16)2)15(20)18-12-7-6-11(21-3)10-13(12)22-4/h6-10,14H,5H2,1-4H3,(H,18,20). The molecular weight excluding hydrogens is 314 g/mol. The van der Waals surface area contributed by atoms with E-state index in [0.29, 0.717) is 23.6 Å². The third-order valence-corrected chi connectivity index (χ3v) is 4.79. The van der Waals surface area contributed by atoms with E-state index in [0.717, 1.165) is 5.16 Å². The van der Waals surface area contributed by atoms with E-state index in [9.17, 15) is 4.79 Å². The molecule has 0 radical (unpaired) electrons. The van der Waals surface area contributed by atoms with Crippen molar-refractivity contribution < 1.29 is 14.3 Å². The number of carbonyl (C=O) groups excluding carboxylic acids is 1. The highest BCUT2D eigenvalue weighted by molar-refractivity contribution is 8.00. The van der Waals surface area contributed by atoms with Gasteiger partial charge in [-0.15, -0.1) is 0 Å². The van der Waals surface area contributed by atoms with Gasteiger partial charge < -0.3 is 19.4 Å². The summed E-state index contributed by atoms with van der Waals surface area (Å²) < 4.78 is 12.4. The fourth-order valence-electron chi connectivity index (χ4n) is 2.03. The second-order valence-corrected chi connectivity index (χ2v) is 6.06. The zero-order valence-corrected chi connectivity index (χ0v) is 14.5. The number of amides is 1. The van der Waals surface area contributed by atoms with Gasteiger partial charge in [-0.3, -0.25) is 4.79 Å². The first-order valence-electron chi connectivity index (χ1n) is 7.25. The number of aryl methyl sites for hydroxylation is 1. The maximum atomic E-state index is 12.5. The second kappa shape index (κ2) is 7.92. The zero-order chi connectivity index (χ0) is 16.8. The first-order chi connectivity index (χ1) is 11.1. The van der Waals surface area contributed by atoms with Crippen LogP contribution in [0.3, 0.4) is 0 Å². The van der Waals surface area contributed by atoms with Gasteiger partial charge in [0.2, 0.25) is 5.91 Å². The van der Waals surface area contributed by atoms with E-state index < -0.39 is 0 Å². The fraction of sp³-hybridized carbons (Fsp3) is 0.375. The second-order valence-electron chi connectivity index (χ2n) is 4.89. The first kappa shape index (κ1) is 17.2. The van der Waals surface area contributed by atoms with Crippen LogP contribution in [0.15, 0.2) is 35.7 Å². The Morgan fingerprint density at radius 2 is 2.17 bits per heavy atom. The number of hydrogen-bond acceptors (Lipinski definition) is 5. The Balaban J connectivity index is 2.11. The minimum Gasteiger partial charge on any atom is -0.497 e. The Labute approximate surface area is 140 Å². The summed E-state index contributed by atoms with van der Waals surface area (Å²) in [6.07, 6.45) is 4.28. The molecule has 0 spiro atoms. The van der Waals surface area contributed by atoms with Crippen molar-refractivity contribution in [3.05, 3.63) is 30.6 Å². The van der Waals surface area contributed by atoms with Crippen molar-refractivity contribution in [2.75, 3.05) is 19.5 Å². The Morgan fingerprint density at radius 1 is 1.39 bits per heavy atom. The van der Waals surface area contributed by atoms with Crippen LogP contribution in [0.1, 0.15) is 13.3 Å². The van der Waals surface area contributed by atoms with E-state index in [2.05, 4.69) is 10.3 Å². The molecule has 0 saturated carbocycles. The summed E-state index contributed by atoms with van der Waals surface area (Å²) in [7, 11) is 5.06. The molecule has 1 N–H and O–H groups in total. The van der Waals surface area contributed by atoms with E-state index in [4.69, 9.17) is 9.47 Å². The van der Waals surface area contributed by atoms with Crippen LogP contribution in [0, 0.1) is 0 Å². The number of thioether (sulfide) groups is 1. The molecule has 1 heterocycles. The van der Waals surface area contributed by atoms with E-state index in [-0.39, 0.29) is 11.2 Å². The average molecular weight is 335 g/mol. The van der Waals surface area contributed by atoms with Crippen molar-refractivity contribution in [3.8, 4) is 11.5 Å². The summed E-state index contributed by atoms with van der Waals surface area (Å²) in [4.78, 5) is 16.8. The molecule has 124 valence electrons. The van der Waals surface area contributed by atoms with Crippen LogP contribution >= 0.6 is 11.8 Å². The molecule has 0 fully saturated rings. The number of ether oxygens (including phenoxy) is 2. The van der Waals surface area contributed by atoms with Gasteiger partial charge in [-0.05, 0) is 18.6 Å². The number of aromatic nitrogens is 2. The molecule has 0 aliphatic rings. The lowest BCUT2D eigenvalue weighted by atomic mass is 10.2. The number of nitrogens with one attached hydrogen (secondary N) is 1. The number of rotatable bonds is 7. The van der Waals surface area contributed by atoms with E-state index in [1.54, 1.807) is 38.6 Å². The van der Waals surface area contributed by atoms with Gasteiger partial charge >= 0.3 is 0 Å². The molecule has 0 bridgehead atoms. The number of hydrogen-bond donors (Lipinski definition) is 1. The van der Waals surface area contributed by atoms with Crippen LogP contribution in [0.25, 0.3) is 0 Å². The summed E-state index contributed by atoms with van der Waals surface area (Å²) in [5.74, 6) is 1.16. The predicted molar refractivity (Wildman–Crippen MR) is 91.3 cm³/mol. The van der Waals surface area contributed by atoms with Crippen LogP contribution in [0.2, 0.25) is 0 Å². The maximum absolute atomic E-state index is 12.5. The van der Waals surface area contributed by atoms with Gasteiger partial charge in [0, 0.05) is 25.5 Å². The largest absolute Gasteiger partial charge is 0.497 e. The zero-order valence-electron chi connectivity index (χ0n) is 13.7. The van der Waals surface area contributed by atoms with Gasteiger partial charge in [-0.1, -0.05) is 18.7 Å². The predicted octanol–water partition coefficient (Wildman–Crippen LogP) is 2.95. The van der Waals surface area contributed by atoms with Crippen molar-refractivity contribution in [3.63, 3.8) is 0 Å². The minimum absolute atomic E-state index is 0.0797. The maximum Gasteiger partial charge on any atom is 0.238 e. The van der Waals surface area contributed by atoms with Gasteiger partial charge in [0.25, 0.3) is 0 Å². The lowest BCUT2D eigenvalue weighted by Gasteiger charge is -2.16. The SMILES string of the molecule is CCC(Sc1nccn1C)C(=O)Nc1ccc(OC)cc1OC. The average Bonchev–Trinajstić information content (AvgIpc) is 2.97. The summed E-state index contributed by atoms with van der Waals surface area (Å²) in [5.41, 5.74) is 0.622. The number of nitrogens with zero attached hydrogens (tertiary/aromatic N) is 2. The molecule has 1 amide bonds. The molecule has 1 unspecified atom stereocenters. The quantitative estimate of drug-likeness (QED) is 0.788. The van der Waals surface area contributed by atoms with E-state index in [1.807, 2.05) is 24.7 Å². The van der Waals surface area contributed by atoms with Crippen LogP contribution in [0.4, 0.5) is 5.69 Å². The molecule has 2 rings (SSSR count). The van der Waals surface area contributed by atoms with Gasteiger partial charge in [-0.2, -0.15) is 0 Å². The molecule has 0 aliphatic heterocycles. The molecule has 1 aromatic heterocycles. The van der Waals surface area contributed by atoms with Crippen molar-refractivity contribution in [2.45, 2.75) is 23.8 Å². The number of benzene rings is 1. The molecular formula is C16H21N3O3S. The minimum atomic E-state index is -0.233. The Kier molecular flexibility index (Phi) is 5.92. The van der Waals surface area contributed by atoms with Crippen molar-refractivity contribution in [1.82, 2.24) is 9.55 Å². The summed E-state index contributed by atoms with van der Waals surface area (Å²) in [6.45, 7) is 1.98. The highest BCUT2D eigenvalue weighted by Gasteiger charge is 2.21. The molecule has 1 atom stereocenters. The van der Waals surface area contributed by atoms with Gasteiger partial charge in [0.05, 0.1) is 25.2 Å².